The molecule has 0 N–H and O–H groups in total. The summed E-state index contributed by atoms with van der Waals surface area (Å²) in [6.07, 6.45) is 1.25. The molecule has 1 aromatic rings. The number of anilines is 1. The number of rotatable bonds is 1. The summed E-state index contributed by atoms with van der Waals surface area (Å²) in [6.45, 7) is 9.90. The van der Waals surface area contributed by atoms with E-state index in [4.69, 9.17) is 4.98 Å². The second kappa shape index (κ2) is 5.14. The van der Waals surface area contributed by atoms with Crippen LogP contribution in [0.5, 0.6) is 0 Å². The molecule has 1 aromatic heterocycles. The lowest BCUT2D eigenvalue weighted by Gasteiger charge is -2.25. The largest absolute Gasteiger partial charge is 0.343 e. The molecule has 0 aromatic carbocycles. The fourth-order valence-corrected chi connectivity index (χ4v) is 3.84. The molecule has 1 saturated heterocycles. The molecule has 0 amide bonds. The van der Waals surface area contributed by atoms with E-state index >= 15 is 0 Å². The average molecular weight is 271 g/mol. The van der Waals surface area contributed by atoms with Gasteiger partial charge in [0.25, 0.3) is 0 Å². The van der Waals surface area contributed by atoms with Crippen molar-refractivity contribution < 1.29 is 0 Å². The van der Waals surface area contributed by atoms with Crippen LogP contribution < -0.4 is 4.90 Å². The van der Waals surface area contributed by atoms with Gasteiger partial charge in [-0.2, -0.15) is 16.1 Å². The van der Waals surface area contributed by atoms with Gasteiger partial charge in [-0.3, -0.25) is 0 Å². The van der Waals surface area contributed by atoms with E-state index in [-0.39, 0.29) is 5.41 Å². The molecule has 17 heavy (non-hydrogen) atoms. The van der Waals surface area contributed by atoms with Crippen molar-refractivity contribution in [1.29, 1.82) is 0 Å². The van der Waals surface area contributed by atoms with Gasteiger partial charge in [0.05, 0.1) is 0 Å². The molecule has 1 fully saturated rings. The Balaban J connectivity index is 2.18. The number of nitrogens with zero attached hydrogens (tertiary/aromatic N) is 3. The predicted octanol–water partition coefficient (Wildman–Crippen LogP) is 3.17. The van der Waals surface area contributed by atoms with Gasteiger partial charge in [0.1, 0.15) is 5.82 Å². The highest BCUT2D eigenvalue weighted by Gasteiger charge is 2.24. The van der Waals surface area contributed by atoms with Gasteiger partial charge in [-0.05, 0) is 19.1 Å². The Morgan fingerprint density at radius 1 is 1.29 bits per heavy atom. The molecular weight excluding hydrogens is 250 g/mol. The number of aromatic nitrogens is 2. The van der Waals surface area contributed by atoms with Crippen LogP contribution in [0.15, 0.2) is 0 Å². The van der Waals surface area contributed by atoms with Crippen molar-refractivity contribution in [3.8, 4) is 0 Å². The lowest BCUT2D eigenvalue weighted by molar-refractivity contribution is 0.552. The number of thioether (sulfide) groups is 1. The minimum Gasteiger partial charge on any atom is -0.343 e. The molecule has 1 atom stereocenters. The summed E-state index contributed by atoms with van der Waals surface area (Å²) in [4.78, 5) is 7.14. The van der Waals surface area contributed by atoms with Gasteiger partial charge in [0.15, 0.2) is 0 Å². The molecule has 2 rings (SSSR count). The Hall–Kier alpha value is -0.290. The third-order valence-electron chi connectivity index (χ3n) is 3.02. The van der Waals surface area contributed by atoms with E-state index in [1.165, 1.54) is 17.9 Å². The summed E-state index contributed by atoms with van der Waals surface area (Å²) in [7, 11) is 0. The Morgan fingerprint density at radius 3 is 2.71 bits per heavy atom. The van der Waals surface area contributed by atoms with Gasteiger partial charge in [-0.1, -0.05) is 20.8 Å². The maximum absolute atomic E-state index is 4.72. The highest BCUT2D eigenvalue weighted by Crippen LogP contribution is 2.28. The van der Waals surface area contributed by atoms with Crippen molar-refractivity contribution in [2.75, 3.05) is 23.0 Å². The van der Waals surface area contributed by atoms with Crippen LogP contribution in [0.4, 0.5) is 5.13 Å². The monoisotopic (exact) mass is 271 g/mol. The minimum absolute atomic E-state index is 0.0542. The summed E-state index contributed by atoms with van der Waals surface area (Å²) < 4.78 is 4.51. The molecular formula is C12H21N3S2. The van der Waals surface area contributed by atoms with Crippen LogP contribution in [0.3, 0.4) is 0 Å². The summed E-state index contributed by atoms with van der Waals surface area (Å²) in [5, 5.41) is 1.10. The average Bonchev–Trinajstić information content (AvgIpc) is 2.63. The minimum atomic E-state index is 0.0542. The molecule has 2 heterocycles. The topological polar surface area (TPSA) is 29.0 Å². The molecule has 3 nitrogen and oxygen atoms in total. The summed E-state index contributed by atoms with van der Waals surface area (Å²) >= 11 is 3.60. The standard InChI is InChI=1S/C12H21N3S2/c1-9-5-7-16-8-6-15(9)11-13-10(14-17-11)12(2,3)4/h9H,5-8H2,1-4H3. The summed E-state index contributed by atoms with van der Waals surface area (Å²) in [6, 6.07) is 0.589. The first-order valence-corrected chi connectivity index (χ1v) is 8.10. The molecule has 1 aliphatic rings. The molecule has 96 valence electrons. The SMILES string of the molecule is CC1CCSCCN1c1nc(C(C)(C)C)ns1. The van der Waals surface area contributed by atoms with Crippen LogP contribution in [0.1, 0.15) is 39.9 Å². The lowest BCUT2D eigenvalue weighted by atomic mass is 9.96. The molecule has 0 saturated carbocycles. The van der Waals surface area contributed by atoms with Crippen LogP contribution in [-0.4, -0.2) is 33.4 Å². The van der Waals surface area contributed by atoms with E-state index in [0.717, 1.165) is 17.5 Å². The fourth-order valence-electron chi connectivity index (χ4n) is 1.82. The first-order valence-electron chi connectivity index (χ1n) is 6.17. The highest BCUT2D eigenvalue weighted by atomic mass is 32.2. The van der Waals surface area contributed by atoms with Crippen LogP contribution in [-0.2, 0) is 5.41 Å². The van der Waals surface area contributed by atoms with Crippen LogP contribution >= 0.6 is 23.3 Å². The van der Waals surface area contributed by atoms with E-state index in [1.807, 2.05) is 11.8 Å². The van der Waals surface area contributed by atoms with Crippen LogP contribution in [0.25, 0.3) is 0 Å². The molecule has 0 aliphatic carbocycles. The maximum Gasteiger partial charge on any atom is 0.205 e. The lowest BCUT2D eigenvalue weighted by Crippen LogP contribution is -2.33. The van der Waals surface area contributed by atoms with Gasteiger partial charge < -0.3 is 4.90 Å². The van der Waals surface area contributed by atoms with E-state index in [9.17, 15) is 0 Å². The van der Waals surface area contributed by atoms with Crippen molar-refractivity contribution in [1.82, 2.24) is 9.36 Å². The van der Waals surface area contributed by atoms with E-state index in [2.05, 4.69) is 37.0 Å². The molecule has 0 bridgehead atoms. The van der Waals surface area contributed by atoms with Gasteiger partial charge >= 0.3 is 0 Å². The first-order chi connectivity index (χ1) is 7.98. The smallest absolute Gasteiger partial charge is 0.205 e. The van der Waals surface area contributed by atoms with Gasteiger partial charge in [-0.25, -0.2) is 4.98 Å². The molecule has 0 spiro atoms. The second-order valence-corrected chi connectivity index (χ2v) is 7.55. The number of hydrogen-bond acceptors (Lipinski definition) is 5. The van der Waals surface area contributed by atoms with Crippen molar-refractivity contribution in [3.05, 3.63) is 5.82 Å². The fraction of sp³-hybridized carbons (Fsp3) is 0.833. The Morgan fingerprint density at radius 2 is 2.06 bits per heavy atom. The van der Waals surface area contributed by atoms with E-state index < -0.39 is 0 Å². The number of hydrogen-bond donors (Lipinski definition) is 0. The van der Waals surface area contributed by atoms with E-state index in [0.29, 0.717) is 6.04 Å². The molecule has 5 heteroatoms. The predicted molar refractivity (Wildman–Crippen MR) is 77.4 cm³/mol. The third kappa shape index (κ3) is 3.13. The second-order valence-electron chi connectivity index (χ2n) is 5.59. The maximum atomic E-state index is 4.72. The van der Waals surface area contributed by atoms with Crippen molar-refractivity contribution >= 4 is 28.4 Å². The first kappa shape index (κ1) is 13.1. The van der Waals surface area contributed by atoms with Gasteiger partial charge in [0, 0.05) is 35.3 Å². The van der Waals surface area contributed by atoms with E-state index in [1.54, 1.807) is 11.5 Å². The highest BCUT2D eigenvalue weighted by molar-refractivity contribution is 7.99. The Labute approximate surface area is 112 Å². The van der Waals surface area contributed by atoms with Gasteiger partial charge in [-0.15, -0.1) is 0 Å². The molecule has 1 aliphatic heterocycles. The van der Waals surface area contributed by atoms with Crippen LogP contribution in [0, 0.1) is 0 Å². The quantitative estimate of drug-likeness (QED) is 0.784. The Kier molecular flexibility index (Phi) is 3.98. The van der Waals surface area contributed by atoms with Crippen LogP contribution in [0.2, 0.25) is 0 Å². The zero-order valence-electron chi connectivity index (χ0n) is 11.1. The normalized spacial score (nSPS) is 22.6. The summed E-state index contributed by atoms with van der Waals surface area (Å²) in [5.74, 6) is 3.44. The third-order valence-corrected chi connectivity index (χ3v) is 4.77. The van der Waals surface area contributed by atoms with Gasteiger partial charge in [0.2, 0.25) is 5.13 Å². The summed E-state index contributed by atoms with van der Waals surface area (Å²) in [5.41, 5.74) is 0.0542. The Bertz CT molecular complexity index is 370. The van der Waals surface area contributed by atoms with Crippen molar-refractivity contribution in [3.63, 3.8) is 0 Å². The molecule has 1 unspecified atom stereocenters. The molecule has 0 radical (unpaired) electrons. The zero-order valence-corrected chi connectivity index (χ0v) is 12.7. The zero-order chi connectivity index (χ0) is 12.5. The van der Waals surface area contributed by atoms with Crippen molar-refractivity contribution in [2.45, 2.75) is 45.6 Å². The van der Waals surface area contributed by atoms with Crippen molar-refractivity contribution in [2.24, 2.45) is 0 Å².